The Labute approximate surface area is 161 Å². The molecule has 1 aromatic carbocycles. The van der Waals surface area contributed by atoms with Crippen molar-refractivity contribution in [2.45, 2.75) is 51.4 Å². The van der Waals surface area contributed by atoms with Crippen LogP contribution in [-0.2, 0) is 35.7 Å². The summed E-state index contributed by atoms with van der Waals surface area (Å²) in [5.41, 5.74) is 5.93. The fourth-order valence-corrected chi connectivity index (χ4v) is 6.20. The third-order valence-electron chi connectivity index (χ3n) is 6.25. The van der Waals surface area contributed by atoms with Crippen molar-refractivity contribution in [2.75, 3.05) is 31.2 Å². The first-order valence-electron chi connectivity index (χ1n) is 10.1. The van der Waals surface area contributed by atoms with E-state index in [4.69, 9.17) is 0 Å². The largest absolute Gasteiger partial charge is 0.332 e. The molecule has 2 amide bonds. The Morgan fingerprint density at radius 1 is 1.07 bits per heavy atom. The van der Waals surface area contributed by atoms with E-state index in [2.05, 4.69) is 21.0 Å². The van der Waals surface area contributed by atoms with Crippen molar-refractivity contribution in [3.05, 3.63) is 28.3 Å². The lowest BCUT2D eigenvalue weighted by molar-refractivity contribution is 0.231. The Morgan fingerprint density at radius 3 is 2.26 bits per heavy atom. The number of piperidine rings is 1. The van der Waals surface area contributed by atoms with Crippen LogP contribution in [0.15, 0.2) is 6.07 Å². The molecule has 6 nitrogen and oxygen atoms in total. The lowest BCUT2D eigenvalue weighted by Crippen LogP contribution is -2.40. The maximum atomic E-state index is 12.5. The minimum absolute atomic E-state index is 0.0270. The summed E-state index contributed by atoms with van der Waals surface area (Å²) < 4.78 is 27.2. The molecule has 148 valence electrons. The molecule has 0 radical (unpaired) electrons. The number of nitrogens with one attached hydrogen (secondary N) is 2. The molecule has 0 saturated carbocycles. The van der Waals surface area contributed by atoms with Crippen LogP contribution in [0, 0.1) is 5.92 Å². The maximum Gasteiger partial charge on any atom is 0.332 e. The number of fused-ring (bicyclic) bond motifs is 2. The number of hydrogen-bond donors (Lipinski definition) is 2. The highest BCUT2D eigenvalue weighted by molar-refractivity contribution is 7.90. The number of sulfonamides is 1. The Balaban J connectivity index is 1.44. The van der Waals surface area contributed by atoms with Crippen LogP contribution in [-0.4, -0.2) is 45.2 Å². The van der Waals surface area contributed by atoms with E-state index in [1.54, 1.807) is 0 Å². The summed E-state index contributed by atoms with van der Waals surface area (Å²) in [6, 6.07) is 1.68. The van der Waals surface area contributed by atoms with E-state index >= 15 is 0 Å². The average molecular weight is 392 g/mol. The zero-order valence-corrected chi connectivity index (χ0v) is 16.8. The minimum Gasteiger partial charge on any atom is -0.307 e. The standard InChI is InChI=1S/C20H29N3O3S/c1-23-10-8-14(9-11-23)13-27(25,26)22-20(24)21-19-17-6-2-4-15(17)12-16-5-3-7-18(16)19/h12,14H,2-11,13H2,1H3,(H2,21,22,24). The van der Waals surface area contributed by atoms with E-state index in [1.807, 2.05) is 7.05 Å². The Morgan fingerprint density at radius 2 is 1.67 bits per heavy atom. The lowest BCUT2D eigenvalue weighted by atomic mass is 9.99. The Bertz CT molecular complexity index is 810. The fraction of sp³-hybridized carbons (Fsp3) is 0.650. The van der Waals surface area contributed by atoms with Crippen LogP contribution in [0.2, 0.25) is 0 Å². The number of anilines is 1. The number of benzene rings is 1. The van der Waals surface area contributed by atoms with Gasteiger partial charge in [-0.2, -0.15) is 0 Å². The number of nitrogens with zero attached hydrogens (tertiary/aromatic N) is 1. The molecule has 1 heterocycles. The van der Waals surface area contributed by atoms with Gasteiger partial charge in [0, 0.05) is 5.69 Å². The van der Waals surface area contributed by atoms with Crippen molar-refractivity contribution in [1.82, 2.24) is 9.62 Å². The van der Waals surface area contributed by atoms with Crippen LogP contribution in [0.1, 0.15) is 47.9 Å². The molecule has 1 saturated heterocycles. The second kappa shape index (κ2) is 7.43. The van der Waals surface area contributed by atoms with Crippen molar-refractivity contribution in [3.63, 3.8) is 0 Å². The summed E-state index contributed by atoms with van der Waals surface area (Å²) in [7, 11) is -1.58. The second-order valence-corrected chi connectivity index (χ2v) is 10.1. The summed E-state index contributed by atoms with van der Waals surface area (Å²) in [6.07, 6.45) is 7.94. The van der Waals surface area contributed by atoms with Crippen LogP contribution in [0.4, 0.5) is 10.5 Å². The third kappa shape index (κ3) is 4.14. The summed E-state index contributed by atoms with van der Waals surface area (Å²) in [6.45, 7) is 1.82. The number of likely N-dealkylation sites (tertiary alicyclic amines) is 1. The van der Waals surface area contributed by atoms with Gasteiger partial charge >= 0.3 is 6.03 Å². The van der Waals surface area contributed by atoms with E-state index < -0.39 is 16.1 Å². The smallest absolute Gasteiger partial charge is 0.307 e. The van der Waals surface area contributed by atoms with Gasteiger partial charge in [0.2, 0.25) is 10.0 Å². The van der Waals surface area contributed by atoms with E-state index in [9.17, 15) is 13.2 Å². The molecule has 27 heavy (non-hydrogen) atoms. The van der Waals surface area contributed by atoms with E-state index in [0.29, 0.717) is 0 Å². The normalized spacial score (nSPS) is 20.3. The van der Waals surface area contributed by atoms with Gasteiger partial charge in [-0.1, -0.05) is 6.07 Å². The topological polar surface area (TPSA) is 78.5 Å². The summed E-state index contributed by atoms with van der Waals surface area (Å²) in [5.74, 6) is 0.149. The van der Waals surface area contributed by atoms with Gasteiger partial charge in [-0.25, -0.2) is 17.9 Å². The molecule has 1 aromatic rings. The van der Waals surface area contributed by atoms with Gasteiger partial charge in [-0.15, -0.1) is 0 Å². The van der Waals surface area contributed by atoms with Gasteiger partial charge in [0.1, 0.15) is 0 Å². The SMILES string of the molecule is CN1CCC(CS(=O)(=O)NC(=O)Nc2c3c(cc4c2CCC4)CCC3)CC1. The molecule has 0 spiro atoms. The average Bonchev–Trinajstić information content (AvgIpc) is 3.25. The van der Waals surface area contributed by atoms with E-state index in [-0.39, 0.29) is 11.7 Å². The molecule has 0 aromatic heterocycles. The molecule has 7 heteroatoms. The van der Waals surface area contributed by atoms with Crippen molar-refractivity contribution in [1.29, 1.82) is 0 Å². The van der Waals surface area contributed by atoms with Crippen LogP contribution < -0.4 is 10.0 Å². The first-order valence-corrected chi connectivity index (χ1v) is 11.7. The highest BCUT2D eigenvalue weighted by Gasteiger charge is 2.27. The minimum atomic E-state index is -3.63. The lowest BCUT2D eigenvalue weighted by Gasteiger charge is -2.28. The zero-order chi connectivity index (χ0) is 19.0. The number of aryl methyl sites for hydroxylation is 2. The molecule has 0 atom stereocenters. The van der Waals surface area contributed by atoms with Gasteiger partial charge < -0.3 is 10.2 Å². The molecule has 0 unspecified atom stereocenters. The number of hydrogen-bond acceptors (Lipinski definition) is 4. The molecule has 0 bridgehead atoms. The summed E-state index contributed by atoms with van der Waals surface area (Å²) in [4.78, 5) is 14.7. The van der Waals surface area contributed by atoms with Crippen LogP contribution in [0.5, 0.6) is 0 Å². The molecule has 1 aliphatic heterocycles. The zero-order valence-electron chi connectivity index (χ0n) is 16.0. The van der Waals surface area contributed by atoms with E-state index in [0.717, 1.165) is 70.1 Å². The first-order chi connectivity index (χ1) is 12.9. The molecule has 2 N–H and O–H groups in total. The maximum absolute atomic E-state index is 12.5. The number of amides is 2. The van der Waals surface area contributed by atoms with Crippen molar-refractivity contribution >= 4 is 21.7 Å². The van der Waals surface area contributed by atoms with Gasteiger partial charge in [-0.3, -0.25) is 0 Å². The number of carbonyl (C=O) groups is 1. The number of carbonyl (C=O) groups excluding carboxylic acids is 1. The van der Waals surface area contributed by atoms with Crippen molar-refractivity contribution in [2.24, 2.45) is 5.92 Å². The molecule has 2 aliphatic carbocycles. The van der Waals surface area contributed by atoms with Crippen LogP contribution >= 0.6 is 0 Å². The predicted molar refractivity (Wildman–Crippen MR) is 107 cm³/mol. The van der Waals surface area contributed by atoms with Crippen molar-refractivity contribution in [3.8, 4) is 0 Å². The number of urea groups is 1. The van der Waals surface area contributed by atoms with Crippen molar-refractivity contribution < 1.29 is 13.2 Å². The molecular formula is C20H29N3O3S. The summed E-state index contributed by atoms with van der Waals surface area (Å²) >= 11 is 0. The van der Waals surface area contributed by atoms with Gasteiger partial charge in [0.15, 0.2) is 0 Å². The molecule has 3 aliphatic rings. The Kier molecular flexibility index (Phi) is 5.16. The monoisotopic (exact) mass is 391 g/mol. The summed E-state index contributed by atoms with van der Waals surface area (Å²) in [5, 5.41) is 2.91. The molecule has 1 fully saturated rings. The third-order valence-corrected chi connectivity index (χ3v) is 7.66. The second-order valence-electron chi connectivity index (χ2n) is 8.32. The number of rotatable bonds is 4. The first kappa shape index (κ1) is 18.7. The van der Waals surface area contributed by atoms with E-state index in [1.165, 1.54) is 22.3 Å². The quantitative estimate of drug-likeness (QED) is 0.826. The van der Waals surface area contributed by atoms with Gasteiger partial charge in [-0.05, 0) is 99.7 Å². The van der Waals surface area contributed by atoms with Crippen LogP contribution in [0.25, 0.3) is 0 Å². The molecular weight excluding hydrogens is 362 g/mol. The van der Waals surface area contributed by atoms with Gasteiger partial charge in [0.25, 0.3) is 0 Å². The predicted octanol–water partition coefficient (Wildman–Crippen LogP) is 2.46. The van der Waals surface area contributed by atoms with Gasteiger partial charge in [0.05, 0.1) is 5.75 Å². The highest BCUT2D eigenvalue weighted by atomic mass is 32.2. The van der Waals surface area contributed by atoms with Crippen LogP contribution in [0.3, 0.4) is 0 Å². The molecule has 4 rings (SSSR count). The highest BCUT2D eigenvalue weighted by Crippen LogP contribution is 2.38. The fourth-order valence-electron chi connectivity index (χ4n) is 4.83. The Hall–Kier alpha value is -1.60.